The third kappa shape index (κ3) is 2.91. The first-order chi connectivity index (χ1) is 11.0. The average molecular weight is 375 g/mol. The minimum atomic E-state index is -0.0660. The van der Waals surface area contributed by atoms with Crippen molar-refractivity contribution >= 4 is 38.6 Å². The maximum atomic E-state index is 12.5. The summed E-state index contributed by atoms with van der Waals surface area (Å²) in [4.78, 5) is 12.5. The number of benzene rings is 1. The number of nitrogens with zero attached hydrogens (tertiary/aromatic N) is 3. The zero-order valence-corrected chi connectivity index (χ0v) is 15.0. The van der Waals surface area contributed by atoms with Crippen LogP contribution in [0.2, 0.25) is 0 Å². The molecule has 3 rings (SSSR count). The number of carbonyl (C=O) groups is 1. The fourth-order valence-corrected chi connectivity index (χ4v) is 3.29. The Bertz CT molecular complexity index is 863. The van der Waals surface area contributed by atoms with E-state index in [2.05, 4.69) is 32.4 Å². The van der Waals surface area contributed by atoms with Crippen LogP contribution in [0.5, 0.6) is 0 Å². The number of amides is 1. The van der Waals surface area contributed by atoms with Gasteiger partial charge in [-0.15, -0.1) is 0 Å². The van der Waals surface area contributed by atoms with Gasteiger partial charge < -0.3 is 9.88 Å². The minimum Gasteiger partial charge on any atom is -0.334 e. The summed E-state index contributed by atoms with van der Waals surface area (Å²) < 4.78 is 4.85. The molecule has 0 saturated heterocycles. The quantitative estimate of drug-likeness (QED) is 0.746. The molecule has 23 heavy (non-hydrogen) atoms. The summed E-state index contributed by atoms with van der Waals surface area (Å²) in [6.07, 6.45) is 1.70. The molecule has 0 aliphatic heterocycles. The smallest absolute Gasteiger partial charge is 0.245 e. The van der Waals surface area contributed by atoms with Gasteiger partial charge in [-0.1, -0.05) is 18.2 Å². The molecule has 0 bridgehead atoms. The van der Waals surface area contributed by atoms with Crippen LogP contribution in [0.25, 0.3) is 10.9 Å². The molecule has 0 fully saturated rings. The van der Waals surface area contributed by atoms with Gasteiger partial charge in [0.1, 0.15) is 12.4 Å². The van der Waals surface area contributed by atoms with Gasteiger partial charge >= 0.3 is 0 Å². The molecule has 0 aliphatic carbocycles. The fraction of sp³-hybridized carbons (Fsp3) is 0.294. The summed E-state index contributed by atoms with van der Waals surface area (Å²) in [5, 5.41) is 8.30. The number of fused-ring (bicyclic) bond motifs is 1. The minimum absolute atomic E-state index is 0.0660. The molecule has 0 spiro atoms. The standard InChI is InChI=1S/C17H19BrN4O/c1-11(2)22-15(8-9-19-22)20-16(23)10-21-12(3)17(18)13-6-4-5-7-14(13)21/h4-9,11H,10H2,1-3H3,(H,20,23). The van der Waals surface area contributed by atoms with E-state index < -0.39 is 0 Å². The lowest BCUT2D eigenvalue weighted by atomic mass is 10.2. The zero-order chi connectivity index (χ0) is 16.6. The van der Waals surface area contributed by atoms with Crippen LogP contribution in [-0.2, 0) is 11.3 Å². The summed E-state index contributed by atoms with van der Waals surface area (Å²) in [6, 6.07) is 10.1. The summed E-state index contributed by atoms with van der Waals surface area (Å²) in [6.45, 7) is 6.34. The molecule has 1 aromatic carbocycles. The largest absolute Gasteiger partial charge is 0.334 e. The first-order valence-electron chi connectivity index (χ1n) is 7.55. The van der Waals surface area contributed by atoms with Crippen LogP contribution in [0.4, 0.5) is 5.82 Å². The lowest BCUT2D eigenvalue weighted by Gasteiger charge is -2.13. The van der Waals surface area contributed by atoms with Crippen molar-refractivity contribution in [2.75, 3.05) is 5.32 Å². The maximum absolute atomic E-state index is 12.5. The van der Waals surface area contributed by atoms with E-state index in [0.29, 0.717) is 0 Å². The Morgan fingerprint density at radius 1 is 1.30 bits per heavy atom. The molecular weight excluding hydrogens is 356 g/mol. The maximum Gasteiger partial charge on any atom is 0.245 e. The highest BCUT2D eigenvalue weighted by atomic mass is 79.9. The first-order valence-corrected chi connectivity index (χ1v) is 8.35. The van der Waals surface area contributed by atoms with Crippen LogP contribution in [-0.4, -0.2) is 20.3 Å². The lowest BCUT2D eigenvalue weighted by Crippen LogP contribution is -2.21. The van der Waals surface area contributed by atoms with E-state index in [0.717, 1.165) is 26.9 Å². The molecule has 0 aliphatic rings. The number of aromatic nitrogens is 3. The fourth-order valence-electron chi connectivity index (χ4n) is 2.74. The molecule has 2 aromatic heterocycles. The van der Waals surface area contributed by atoms with Crippen molar-refractivity contribution in [3.05, 3.63) is 46.7 Å². The van der Waals surface area contributed by atoms with Gasteiger partial charge in [0.25, 0.3) is 0 Å². The third-order valence-corrected chi connectivity index (χ3v) is 4.88. The van der Waals surface area contributed by atoms with Crippen LogP contribution in [0.15, 0.2) is 41.0 Å². The second-order valence-corrected chi connectivity index (χ2v) is 6.60. The topological polar surface area (TPSA) is 51.9 Å². The van der Waals surface area contributed by atoms with Crippen LogP contribution >= 0.6 is 15.9 Å². The summed E-state index contributed by atoms with van der Waals surface area (Å²) >= 11 is 3.62. The highest BCUT2D eigenvalue weighted by Gasteiger charge is 2.15. The van der Waals surface area contributed by atoms with Gasteiger partial charge in [-0.2, -0.15) is 5.10 Å². The average Bonchev–Trinajstić information content (AvgIpc) is 3.07. The van der Waals surface area contributed by atoms with Crippen molar-refractivity contribution in [1.82, 2.24) is 14.3 Å². The molecule has 0 atom stereocenters. The SMILES string of the molecule is Cc1c(Br)c2ccccc2n1CC(=O)Nc1ccnn1C(C)C. The van der Waals surface area contributed by atoms with Crippen LogP contribution in [0.3, 0.4) is 0 Å². The summed E-state index contributed by atoms with van der Waals surface area (Å²) in [5.41, 5.74) is 2.09. The van der Waals surface area contributed by atoms with E-state index in [9.17, 15) is 4.79 Å². The van der Waals surface area contributed by atoms with Gasteiger partial charge in [-0.25, -0.2) is 4.68 Å². The van der Waals surface area contributed by atoms with Crippen molar-refractivity contribution in [1.29, 1.82) is 0 Å². The predicted molar refractivity (Wildman–Crippen MR) is 95.6 cm³/mol. The number of halogens is 1. The van der Waals surface area contributed by atoms with Gasteiger partial charge in [-0.3, -0.25) is 4.79 Å². The number of anilines is 1. The van der Waals surface area contributed by atoms with Crippen LogP contribution < -0.4 is 5.32 Å². The molecular formula is C17H19BrN4O. The Balaban J connectivity index is 1.86. The molecule has 120 valence electrons. The number of carbonyl (C=O) groups excluding carboxylic acids is 1. The highest BCUT2D eigenvalue weighted by Crippen LogP contribution is 2.30. The van der Waals surface area contributed by atoms with E-state index >= 15 is 0 Å². The predicted octanol–water partition coefficient (Wildman–Crippen LogP) is 4.13. The molecule has 0 radical (unpaired) electrons. The Morgan fingerprint density at radius 2 is 2.04 bits per heavy atom. The van der Waals surface area contributed by atoms with E-state index in [-0.39, 0.29) is 18.5 Å². The number of rotatable bonds is 4. The van der Waals surface area contributed by atoms with Crippen LogP contribution in [0, 0.1) is 6.92 Å². The molecule has 0 unspecified atom stereocenters. The molecule has 6 heteroatoms. The second-order valence-electron chi connectivity index (χ2n) is 5.81. The molecule has 1 N–H and O–H groups in total. The number of hydrogen-bond acceptors (Lipinski definition) is 2. The normalized spacial score (nSPS) is 11.3. The van der Waals surface area contributed by atoms with Gasteiger partial charge in [0, 0.05) is 33.2 Å². The number of para-hydroxylation sites is 1. The second kappa shape index (κ2) is 6.20. The van der Waals surface area contributed by atoms with Crippen LogP contribution in [0.1, 0.15) is 25.6 Å². The monoisotopic (exact) mass is 374 g/mol. The first kappa shape index (κ1) is 15.8. The van der Waals surface area contributed by atoms with Gasteiger partial charge in [0.2, 0.25) is 5.91 Å². The molecule has 2 heterocycles. The van der Waals surface area contributed by atoms with Crippen molar-refractivity contribution in [3.63, 3.8) is 0 Å². The highest BCUT2D eigenvalue weighted by molar-refractivity contribution is 9.10. The lowest BCUT2D eigenvalue weighted by molar-refractivity contribution is -0.116. The number of hydrogen-bond donors (Lipinski definition) is 1. The molecule has 0 saturated carbocycles. The van der Waals surface area contributed by atoms with E-state index in [1.807, 2.05) is 49.6 Å². The van der Waals surface area contributed by atoms with Gasteiger partial charge in [0.15, 0.2) is 0 Å². The molecule has 1 amide bonds. The van der Waals surface area contributed by atoms with Crippen molar-refractivity contribution < 1.29 is 4.79 Å². The van der Waals surface area contributed by atoms with Gasteiger partial charge in [-0.05, 0) is 42.8 Å². The Morgan fingerprint density at radius 3 is 2.78 bits per heavy atom. The summed E-state index contributed by atoms with van der Waals surface area (Å²) in [7, 11) is 0. The summed E-state index contributed by atoms with van der Waals surface area (Å²) in [5.74, 6) is 0.655. The zero-order valence-electron chi connectivity index (χ0n) is 13.4. The Kier molecular flexibility index (Phi) is 4.26. The van der Waals surface area contributed by atoms with Crippen molar-refractivity contribution in [3.8, 4) is 0 Å². The third-order valence-electron chi connectivity index (χ3n) is 3.88. The van der Waals surface area contributed by atoms with E-state index in [1.165, 1.54) is 0 Å². The van der Waals surface area contributed by atoms with Crippen molar-refractivity contribution in [2.24, 2.45) is 0 Å². The Labute approximate surface area is 143 Å². The van der Waals surface area contributed by atoms with E-state index in [4.69, 9.17) is 0 Å². The number of nitrogens with one attached hydrogen (secondary N) is 1. The van der Waals surface area contributed by atoms with Crippen molar-refractivity contribution in [2.45, 2.75) is 33.4 Å². The Hall–Kier alpha value is -2.08. The molecule has 5 nitrogen and oxygen atoms in total. The van der Waals surface area contributed by atoms with Gasteiger partial charge in [0.05, 0.1) is 6.20 Å². The van der Waals surface area contributed by atoms with E-state index in [1.54, 1.807) is 10.9 Å². The molecule has 3 aromatic rings.